The Kier molecular flexibility index (Phi) is 41.9. The fraction of sp³-hybridized carbons (Fsp3) is 1.00. The molecule has 0 aliphatic carbocycles. The van der Waals surface area contributed by atoms with Gasteiger partial charge in [-0.05, 0) is 6.42 Å². The van der Waals surface area contributed by atoms with Gasteiger partial charge in [-0.15, -0.1) is 0 Å². The van der Waals surface area contributed by atoms with Crippen molar-refractivity contribution in [1.82, 2.24) is 0 Å². The van der Waals surface area contributed by atoms with Gasteiger partial charge in [0.15, 0.2) is 0 Å². The van der Waals surface area contributed by atoms with Crippen LogP contribution in [-0.4, -0.2) is 72.7 Å². The minimum atomic E-state index is -4.91. The minimum Gasteiger partial charge on any atom is -0.790 e. The molecule has 0 aromatic heterocycles. The SMILES string of the molecule is CCCCCCCCCCCCOCCOCCOCCOCCOCCOP(=O)([O-])[O-].[K+].[K+]. The van der Waals surface area contributed by atoms with Gasteiger partial charge in [-0.25, -0.2) is 0 Å². The molecule has 9 nitrogen and oxygen atoms in total. The van der Waals surface area contributed by atoms with Crippen molar-refractivity contribution in [1.29, 1.82) is 0 Å². The Morgan fingerprint density at radius 2 is 0.765 bits per heavy atom. The normalized spacial score (nSPS) is 11.3. The first-order valence-electron chi connectivity index (χ1n) is 12.1. The smallest absolute Gasteiger partial charge is 0.790 e. The van der Waals surface area contributed by atoms with E-state index < -0.39 is 7.82 Å². The molecule has 0 aromatic carbocycles. The van der Waals surface area contributed by atoms with Crippen LogP contribution in [0.2, 0.25) is 0 Å². The van der Waals surface area contributed by atoms with E-state index >= 15 is 0 Å². The van der Waals surface area contributed by atoms with Crippen molar-refractivity contribution >= 4 is 7.82 Å². The molecule has 0 bridgehead atoms. The molecule has 34 heavy (non-hydrogen) atoms. The Hall–Kier alpha value is 3.18. The summed E-state index contributed by atoms with van der Waals surface area (Å²) in [6.07, 6.45) is 13.3. The zero-order valence-electron chi connectivity index (χ0n) is 22.0. The average molecular weight is 563 g/mol. The van der Waals surface area contributed by atoms with Crippen LogP contribution in [0.1, 0.15) is 71.1 Å². The van der Waals surface area contributed by atoms with Crippen LogP contribution < -0.4 is 113 Å². The molecule has 12 heteroatoms. The van der Waals surface area contributed by atoms with Crippen molar-refractivity contribution < 1.29 is 145 Å². The van der Waals surface area contributed by atoms with Crippen LogP contribution in [0.25, 0.3) is 0 Å². The molecule has 194 valence electrons. The van der Waals surface area contributed by atoms with Gasteiger partial charge in [0.2, 0.25) is 0 Å². The van der Waals surface area contributed by atoms with Crippen molar-refractivity contribution in [2.45, 2.75) is 71.1 Å². The Morgan fingerprint density at radius 1 is 0.471 bits per heavy atom. The van der Waals surface area contributed by atoms with Crippen LogP contribution in [0, 0.1) is 0 Å². The summed E-state index contributed by atoms with van der Waals surface area (Å²) in [5, 5.41) is 0. The van der Waals surface area contributed by atoms with Crippen LogP contribution in [0.4, 0.5) is 0 Å². The molecule has 0 aliphatic rings. The van der Waals surface area contributed by atoms with Crippen LogP contribution in [0.5, 0.6) is 0 Å². The molecule has 0 heterocycles. The van der Waals surface area contributed by atoms with Gasteiger partial charge in [-0.1, -0.05) is 64.7 Å². The van der Waals surface area contributed by atoms with Crippen LogP contribution in [-0.2, 0) is 32.8 Å². The molecule has 0 spiro atoms. The number of unbranched alkanes of at least 4 members (excludes halogenated alkanes) is 9. The summed E-state index contributed by atoms with van der Waals surface area (Å²) in [6.45, 7) is 6.54. The molecule has 0 fully saturated rings. The Morgan fingerprint density at radius 3 is 1.12 bits per heavy atom. The first-order chi connectivity index (χ1) is 15.6. The van der Waals surface area contributed by atoms with E-state index in [0.717, 1.165) is 13.0 Å². The molecule has 0 N–H and O–H groups in total. The Bertz CT molecular complexity index is 418. The maximum absolute atomic E-state index is 10.2. The number of phosphoric acid groups is 1. The van der Waals surface area contributed by atoms with E-state index in [-0.39, 0.29) is 123 Å². The van der Waals surface area contributed by atoms with Crippen molar-refractivity contribution in [3.63, 3.8) is 0 Å². The Labute approximate surface area is 292 Å². The molecule has 0 saturated carbocycles. The molecule has 0 amide bonds. The van der Waals surface area contributed by atoms with E-state index in [2.05, 4.69) is 11.4 Å². The molecule has 0 saturated heterocycles. The van der Waals surface area contributed by atoms with Gasteiger partial charge in [0.1, 0.15) is 0 Å². The van der Waals surface area contributed by atoms with Crippen LogP contribution in [0.15, 0.2) is 0 Å². The molecule has 0 aliphatic heterocycles. The number of ether oxygens (including phenoxy) is 5. The van der Waals surface area contributed by atoms with Crippen molar-refractivity contribution in [3.05, 3.63) is 0 Å². The summed E-state index contributed by atoms with van der Waals surface area (Å²) in [5.74, 6) is 0. The van der Waals surface area contributed by atoms with E-state index in [4.69, 9.17) is 23.7 Å². The van der Waals surface area contributed by atoms with Gasteiger partial charge in [-0.2, -0.15) is 0 Å². The molecule has 0 atom stereocenters. The van der Waals surface area contributed by atoms with Crippen LogP contribution >= 0.6 is 7.82 Å². The third-order valence-electron chi connectivity index (χ3n) is 4.61. The first-order valence-corrected chi connectivity index (χ1v) is 13.6. The monoisotopic (exact) mass is 562 g/mol. The number of rotatable bonds is 27. The van der Waals surface area contributed by atoms with Crippen molar-refractivity contribution in [3.8, 4) is 0 Å². The predicted octanol–water partition coefficient (Wildman–Crippen LogP) is -3.16. The summed E-state index contributed by atoms with van der Waals surface area (Å²) in [5.41, 5.74) is 0. The second-order valence-electron chi connectivity index (χ2n) is 7.52. The number of hydrogen-bond donors (Lipinski definition) is 0. The summed E-state index contributed by atoms with van der Waals surface area (Å²) in [4.78, 5) is 20.4. The van der Waals surface area contributed by atoms with Crippen molar-refractivity contribution in [2.24, 2.45) is 0 Å². The summed E-state index contributed by atoms with van der Waals surface area (Å²) in [6, 6.07) is 0. The molecule has 0 rings (SSSR count). The van der Waals surface area contributed by atoms with E-state index in [9.17, 15) is 14.4 Å². The fourth-order valence-electron chi connectivity index (χ4n) is 2.88. The van der Waals surface area contributed by atoms with E-state index in [0.29, 0.717) is 46.2 Å². The van der Waals surface area contributed by atoms with Gasteiger partial charge in [0.25, 0.3) is 0 Å². The standard InChI is InChI=1S/C22H47O9P.2K/c1-2-3-4-5-6-7-8-9-10-11-12-26-13-14-27-15-16-28-17-18-29-19-20-30-21-22-31-32(23,24)25;;/h2-22H2,1H3,(H2,23,24,25);;/q;2*+1/p-2. The zero-order valence-corrected chi connectivity index (χ0v) is 29.1. The van der Waals surface area contributed by atoms with Crippen molar-refractivity contribution in [2.75, 3.05) is 72.7 Å². The number of phosphoric ester groups is 1. The minimum absolute atomic E-state index is 0. The van der Waals surface area contributed by atoms with E-state index in [1.807, 2.05) is 0 Å². The third-order valence-corrected chi connectivity index (χ3v) is 5.11. The quantitative estimate of drug-likeness (QED) is 0.0581. The topological polar surface area (TPSA) is 119 Å². The van der Waals surface area contributed by atoms with Gasteiger partial charge in [0.05, 0.1) is 73.9 Å². The molecular formula is C22H45K2O9P. The second-order valence-corrected chi connectivity index (χ2v) is 8.68. The van der Waals surface area contributed by atoms with E-state index in [1.54, 1.807) is 0 Å². The van der Waals surface area contributed by atoms with Gasteiger partial charge in [0, 0.05) is 6.61 Å². The predicted molar refractivity (Wildman–Crippen MR) is 119 cm³/mol. The summed E-state index contributed by atoms with van der Waals surface area (Å²) < 4.78 is 41.0. The average Bonchev–Trinajstić information content (AvgIpc) is 2.75. The molecule has 0 unspecified atom stereocenters. The number of hydrogen-bond acceptors (Lipinski definition) is 9. The first kappa shape index (κ1) is 41.7. The molecule has 0 radical (unpaired) electrons. The fourth-order valence-corrected chi connectivity index (χ4v) is 3.18. The van der Waals surface area contributed by atoms with Gasteiger partial charge < -0.3 is 42.6 Å². The third kappa shape index (κ3) is 39.7. The van der Waals surface area contributed by atoms with E-state index in [1.165, 1.54) is 57.8 Å². The van der Waals surface area contributed by atoms with Gasteiger partial charge >= 0.3 is 103 Å². The molecular weight excluding hydrogens is 517 g/mol. The maximum atomic E-state index is 10.2. The van der Waals surface area contributed by atoms with Crippen LogP contribution in [0.3, 0.4) is 0 Å². The second kappa shape index (κ2) is 34.2. The largest absolute Gasteiger partial charge is 1.00 e. The maximum Gasteiger partial charge on any atom is 1.00 e. The van der Waals surface area contributed by atoms with Gasteiger partial charge in [-0.3, -0.25) is 0 Å². The molecule has 0 aromatic rings. The Balaban J connectivity index is -0.00000480. The summed E-state index contributed by atoms with van der Waals surface area (Å²) in [7, 11) is -4.91. The summed E-state index contributed by atoms with van der Waals surface area (Å²) >= 11 is 0. The zero-order chi connectivity index (χ0) is 23.6.